The molecule has 0 spiro atoms. The Morgan fingerprint density at radius 1 is 1.04 bits per heavy atom. The summed E-state index contributed by atoms with van der Waals surface area (Å²) in [5.41, 5.74) is 2.06. The molecule has 0 bridgehead atoms. The topological polar surface area (TPSA) is 38.8 Å². The van der Waals surface area contributed by atoms with Crippen molar-refractivity contribution in [1.82, 2.24) is 15.1 Å². The van der Waals surface area contributed by atoms with E-state index in [-0.39, 0.29) is 5.91 Å². The molecule has 0 unspecified atom stereocenters. The van der Waals surface area contributed by atoms with E-state index in [1.54, 1.807) is 0 Å². The SMILES string of the molecule is CNCCC1CCN(C(=O)c2ccc(N3CCN(C(C)C)CC3)cc2)CC1. The highest BCUT2D eigenvalue weighted by Crippen LogP contribution is 2.23. The molecule has 5 heteroatoms. The van der Waals surface area contributed by atoms with Gasteiger partial charge in [-0.2, -0.15) is 0 Å². The van der Waals surface area contributed by atoms with Gasteiger partial charge in [-0.15, -0.1) is 0 Å². The number of hydrogen-bond donors (Lipinski definition) is 1. The summed E-state index contributed by atoms with van der Waals surface area (Å²) in [7, 11) is 2.01. The molecule has 5 nitrogen and oxygen atoms in total. The van der Waals surface area contributed by atoms with Gasteiger partial charge in [-0.3, -0.25) is 9.69 Å². The van der Waals surface area contributed by atoms with E-state index < -0.39 is 0 Å². The summed E-state index contributed by atoms with van der Waals surface area (Å²) >= 11 is 0. The summed E-state index contributed by atoms with van der Waals surface area (Å²) < 4.78 is 0. The monoisotopic (exact) mass is 372 g/mol. The van der Waals surface area contributed by atoms with Gasteiger partial charge < -0.3 is 15.1 Å². The predicted molar refractivity (Wildman–Crippen MR) is 113 cm³/mol. The highest BCUT2D eigenvalue weighted by molar-refractivity contribution is 5.94. The quantitative estimate of drug-likeness (QED) is 0.833. The molecule has 0 saturated carbocycles. The summed E-state index contributed by atoms with van der Waals surface area (Å²) in [6.07, 6.45) is 3.48. The number of rotatable bonds is 6. The lowest BCUT2D eigenvalue weighted by Crippen LogP contribution is -2.48. The third-order valence-electron chi connectivity index (χ3n) is 6.23. The van der Waals surface area contributed by atoms with E-state index in [9.17, 15) is 4.79 Å². The highest BCUT2D eigenvalue weighted by Gasteiger charge is 2.24. The number of hydrogen-bond acceptors (Lipinski definition) is 4. The van der Waals surface area contributed by atoms with Gasteiger partial charge in [0.1, 0.15) is 0 Å². The maximum Gasteiger partial charge on any atom is 0.253 e. The second kappa shape index (κ2) is 9.56. The first-order chi connectivity index (χ1) is 13.1. The van der Waals surface area contributed by atoms with Crippen LogP contribution >= 0.6 is 0 Å². The summed E-state index contributed by atoms with van der Waals surface area (Å²) in [6.45, 7) is 11.7. The number of amides is 1. The first kappa shape index (κ1) is 20.2. The third kappa shape index (κ3) is 5.23. The van der Waals surface area contributed by atoms with Crippen LogP contribution in [-0.2, 0) is 0 Å². The van der Waals surface area contributed by atoms with E-state index in [1.165, 1.54) is 12.1 Å². The molecule has 1 aromatic rings. The van der Waals surface area contributed by atoms with Crippen molar-refractivity contribution in [3.8, 4) is 0 Å². The fourth-order valence-corrected chi connectivity index (χ4v) is 4.27. The number of piperidine rings is 1. The van der Waals surface area contributed by atoms with Gasteiger partial charge in [-0.1, -0.05) is 0 Å². The molecule has 1 N–H and O–H groups in total. The second-order valence-electron chi connectivity index (χ2n) is 8.29. The van der Waals surface area contributed by atoms with Crippen molar-refractivity contribution in [2.75, 3.05) is 57.8 Å². The molecule has 2 heterocycles. The van der Waals surface area contributed by atoms with Crippen LogP contribution < -0.4 is 10.2 Å². The number of benzene rings is 1. The molecule has 1 amide bonds. The van der Waals surface area contributed by atoms with E-state index >= 15 is 0 Å². The standard InChI is InChI=1S/C22H36N4O/c1-18(2)24-14-16-25(17-15-24)21-6-4-20(5-7-21)22(27)26-12-9-19(10-13-26)8-11-23-3/h4-7,18-19,23H,8-17H2,1-3H3. The maximum absolute atomic E-state index is 12.8. The molecule has 2 aliphatic heterocycles. The number of likely N-dealkylation sites (tertiary alicyclic amines) is 1. The van der Waals surface area contributed by atoms with E-state index in [2.05, 4.69) is 41.1 Å². The van der Waals surface area contributed by atoms with Crippen molar-refractivity contribution < 1.29 is 4.79 Å². The van der Waals surface area contributed by atoms with Crippen LogP contribution in [0.1, 0.15) is 43.5 Å². The van der Waals surface area contributed by atoms with Crippen molar-refractivity contribution in [3.05, 3.63) is 29.8 Å². The fraction of sp³-hybridized carbons (Fsp3) is 0.682. The van der Waals surface area contributed by atoms with Crippen molar-refractivity contribution in [2.45, 2.75) is 39.2 Å². The van der Waals surface area contributed by atoms with Gasteiger partial charge in [0, 0.05) is 56.6 Å². The summed E-state index contributed by atoms with van der Waals surface area (Å²) in [5, 5.41) is 3.23. The predicted octanol–water partition coefficient (Wildman–Crippen LogP) is 2.68. The second-order valence-corrected chi connectivity index (χ2v) is 8.29. The molecule has 0 atom stereocenters. The average molecular weight is 373 g/mol. The Balaban J connectivity index is 1.51. The fourth-order valence-electron chi connectivity index (χ4n) is 4.27. The minimum atomic E-state index is 0.193. The van der Waals surface area contributed by atoms with Crippen LogP contribution in [-0.4, -0.2) is 74.6 Å². The number of nitrogens with zero attached hydrogens (tertiary/aromatic N) is 3. The van der Waals surface area contributed by atoms with Crippen LogP contribution in [0, 0.1) is 5.92 Å². The first-order valence-electron chi connectivity index (χ1n) is 10.6. The summed E-state index contributed by atoms with van der Waals surface area (Å²) in [5.74, 6) is 0.951. The minimum absolute atomic E-state index is 0.193. The summed E-state index contributed by atoms with van der Waals surface area (Å²) in [4.78, 5) is 19.8. The van der Waals surface area contributed by atoms with Gasteiger partial charge in [0.15, 0.2) is 0 Å². The van der Waals surface area contributed by atoms with Crippen molar-refractivity contribution in [2.24, 2.45) is 5.92 Å². The Labute approximate surface area is 164 Å². The number of anilines is 1. The van der Waals surface area contributed by atoms with Gasteiger partial charge in [-0.05, 0) is 76.9 Å². The smallest absolute Gasteiger partial charge is 0.253 e. The van der Waals surface area contributed by atoms with Crippen LogP contribution in [0.3, 0.4) is 0 Å². The molecule has 3 rings (SSSR count). The van der Waals surface area contributed by atoms with Crippen LogP contribution in [0.4, 0.5) is 5.69 Å². The zero-order valence-corrected chi connectivity index (χ0v) is 17.3. The molecular weight excluding hydrogens is 336 g/mol. The Morgan fingerprint density at radius 2 is 1.67 bits per heavy atom. The summed E-state index contributed by atoms with van der Waals surface area (Å²) in [6, 6.07) is 8.89. The Bertz CT molecular complexity index is 585. The number of nitrogens with one attached hydrogen (secondary N) is 1. The van der Waals surface area contributed by atoms with E-state index in [4.69, 9.17) is 0 Å². The molecule has 0 aliphatic carbocycles. The van der Waals surface area contributed by atoms with Crippen LogP contribution in [0.5, 0.6) is 0 Å². The largest absolute Gasteiger partial charge is 0.369 e. The Kier molecular flexibility index (Phi) is 7.13. The van der Waals surface area contributed by atoms with E-state index in [0.717, 1.165) is 70.1 Å². The lowest BCUT2D eigenvalue weighted by molar-refractivity contribution is 0.0687. The third-order valence-corrected chi connectivity index (χ3v) is 6.23. The average Bonchev–Trinajstić information content (AvgIpc) is 2.72. The van der Waals surface area contributed by atoms with Crippen LogP contribution in [0.25, 0.3) is 0 Å². The normalized spacial score (nSPS) is 19.7. The van der Waals surface area contributed by atoms with Crippen molar-refractivity contribution in [3.63, 3.8) is 0 Å². The van der Waals surface area contributed by atoms with Crippen LogP contribution in [0.15, 0.2) is 24.3 Å². The first-order valence-corrected chi connectivity index (χ1v) is 10.6. The maximum atomic E-state index is 12.8. The molecule has 27 heavy (non-hydrogen) atoms. The van der Waals surface area contributed by atoms with Gasteiger partial charge in [0.05, 0.1) is 0 Å². The molecule has 2 aliphatic rings. The molecule has 1 aromatic carbocycles. The lowest BCUT2D eigenvalue weighted by atomic mass is 9.93. The number of piperazine rings is 1. The van der Waals surface area contributed by atoms with Gasteiger partial charge in [0.2, 0.25) is 0 Å². The number of carbonyl (C=O) groups is 1. The van der Waals surface area contributed by atoms with Crippen LogP contribution in [0.2, 0.25) is 0 Å². The molecular formula is C22H36N4O. The molecule has 2 saturated heterocycles. The molecule has 0 radical (unpaired) electrons. The van der Waals surface area contributed by atoms with Gasteiger partial charge in [0.25, 0.3) is 5.91 Å². The number of carbonyl (C=O) groups excluding carboxylic acids is 1. The van der Waals surface area contributed by atoms with Crippen molar-refractivity contribution in [1.29, 1.82) is 0 Å². The van der Waals surface area contributed by atoms with E-state index in [1.807, 2.05) is 24.1 Å². The van der Waals surface area contributed by atoms with Gasteiger partial charge in [-0.25, -0.2) is 0 Å². The Morgan fingerprint density at radius 3 is 2.22 bits per heavy atom. The zero-order chi connectivity index (χ0) is 19.2. The van der Waals surface area contributed by atoms with Crippen molar-refractivity contribution >= 4 is 11.6 Å². The molecule has 150 valence electrons. The molecule has 2 fully saturated rings. The highest BCUT2D eigenvalue weighted by atomic mass is 16.2. The zero-order valence-electron chi connectivity index (χ0n) is 17.3. The lowest BCUT2D eigenvalue weighted by Gasteiger charge is -2.38. The minimum Gasteiger partial charge on any atom is -0.369 e. The Hall–Kier alpha value is -1.59. The molecule has 0 aromatic heterocycles. The van der Waals surface area contributed by atoms with Gasteiger partial charge >= 0.3 is 0 Å². The van der Waals surface area contributed by atoms with E-state index in [0.29, 0.717) is 6.04 Å².